The quantitative estimate of drug-likeness (QED) is 0.775. The van der Waals surface area contributed by atoms with Crippen molar-refractivity contribution in [2.75, 3.05) is 0 Å². The molecule has 0 saturated carbocycles. The zero-order chi connectivity index (χ0) is 14.7. The Labute approximate surface area is 113 Å². The lowest BCUT2D eigenvalue weighted by atomic mass is 9.80. The van der Waals surface area contributed by atoms with E-state index in [2.05, 4.69) is 43.6 Å². The number of benzene rings is 1. The molecule has 0 atom stereocenters. The molecule has 19 heavy (non-hydrogen) atoms. The van der Waals surface area contributed by atoms with Crippen LogP contribution < -0.4 is 9.89 Å². The third kappa shape index (κ3) is 4.02. The van der Waals surface area contributed by atoms with Crippen LogP contribution in [0.15, 0.2) is 24.3 Å². The fourth-order valence-corrected chi connectivity index (χ4v) is 2.29. The van der Waals surface area contributed by atoms with Gasteiger partial charge >= 0.3 is 7.12 Å². The molecular formula is C12H19BF2O3Si. The maximum atomic E-state index is 12.0. The lowest BCUT2D eigenvalue weighted by Gasteiger charge is -2.36. The van der Waals surface area contributed by atoms with Crippen LogP contribution in [0, 0.1) is 0 Å². The first kappa shape index (κ1) is 16.1. The van der Waals surface area contributed by atoms with Gasteiger partial charge in [0.2, 0.25) is 8.32 Å². The lowest BCUT2D eigenvalue weighted by Crippen LogP contribution is -2.44. The Balaban J connectivity index is 2.83. The van der Waals surface area contributed by atoms with Gasteiger partial charge in [-0.15, -0.1) is 0 Å². The third-order valence-corrected chi connectivity index (χ3v) is 7.85. The number of halogens is 2. The molecular weight excluding hydrogens is 269 g/mol. The fraction of sp³-hybridized carbons (Fsp3) is 0.500. The molecule has 0 saturated heterocycles. The van der Waals surface area contributed by atoms with E-state index in [9.17, 15) is 9.05 Å². The third-order valence-electron chi connectivity index (χ3n) is 3.49. The van der Waals surface area contributed by atoms with Crippen LogP contribution >= 0.6 is 0 Å². The van der Waals surface area contributed by atoms with Crippen LogP contribution in [0.1, 0.15) is 20.8 Å². The second-order valence-corrected chi connectivity index (χ2v) is 10.7. The Kier molecular flexibility index (Phi) is 5.12. The van der Waals surface area contributed by atoms with Gasteiger partial charge in [0, 0.05) is 0 Å². The van der Waals surface area contributed by atoms with E-state index in [0.717, 1.165) is 0 Å². The van der Waals surface area contributed by atoms with Crippen molar-refractivity contribution < 1.29 is 23.2 Å². The van der Waals surface area contributed by atoms with Gasteiger partial charge in [0.05, 0.1) is 0 Å². The van der Waals surface area contributed by atoms with Crippen molar-refractivity contribution in [2.24, 2.45) is 0 Å². The van der Waals surface area contributed by atoms with Crippen molar-refractivity contribution in [2.45, 2.75) is 38.9 Å². The van der Waals surface area contributed by atoms with Gasteiger partial charge in [0.25, 0.3) is 0 Å². The summed E-state index contributed by atoms with van der Waals surface area (Å²) < 4.78 is 30.0. The zero-order valence-electron chi connectivity index (χ0n) is 11.9. The summed E-state index contributed by atoms with van der Waals surface area (Å²) in [6.45, 7) is 10.7. The van der Waals surface area contributed by atoms with Gasteiger partial charge in [-0.05, 0) is 35.7 Å². The Bertz CT molecular complexity index is 402. The van der Waals surface area contributed by atoms with E-state index in [4.69, 9.17) is 4.43 Å². The molecule has 1 aromatic carbocycles. The van der Waals surface area contributed by atoms with Crippen molar-refractivity contribution >= 4 is 20.9 Å². The first-order chi connectivity index (χ1) is 8.71. The van der Waals surface area contributed by atoms with Gasteiger partial charge in [-0.2, -0.15) is 0 Å². The maximum absolute atomic E-state index is 12.0. The monoisotopic (exact) mass is 288 g/mol. The highest BCUT2D eigenvalue weighted by molar-refractivity contribution is 6.74. The van der Waals surface area contributed by atoms with E-state index in [1.165, 1.54) is 12.1 Å². The summed E-state index contributed by atoms with van der Waals surface area (Å²) in [5.41, 5.74) is 0.243. The average molecular weight is 288 g/mol. The Morgan fingerprint density at radius 1 is 1.00 bits per heavy atom. The summed E-state index contributed by atoms with van der Waals surface area (Å²) in [4.78, 5) is 6.70. The van der Waals surface area contributed by atoms with Crippen LogP contribution in [0.5, 0.6) is 5.75 Å². The Morgan fingerprint density at radius 2 is 1.47 bits per heavy atom. The van der Waals surface area contributed by atoms with E-state index in [1.807, 2.05) is 0 Å². The highest BCUT2D eigenvalue weighted by Gasteiger charge is 2.39. The summed E-state index contributed by atoms with van der Waals surface area (Å²) in [7, 11) is -3.57. The van der Waals surface area contributed by atoms with Crippen LogP contribution in [0.3, 0.4) is 0 Å². The van der Waals surface area contributed by atoms with Gasteiger partial charge in [-0.25, -0.2) is 9.72 Å². The van der Waals surface area contributed by atoms with Crippen molar-refractivity contribution in [3.05, 3.63) is 24.3 Å². The predicted octanol–water partition coefficient (Wildman–Crippen LogP) is 3.57. The van der Waals surface area contributed by atoms with Gasteiger partial charge in [-0.1, -0.05) is 42.0 Å². The first-order valence-corrected chi connectivity index (χ1v) is 8.96. The minimum atomic E-state index is -1.92. The minimum Gasteiger partial charge on any atom is -0.544 e. The van der Waals surface area contributed by atoms with Crippen molar-refractivity contribution in [1.29, 1.82) is 0 Å². The Hall–Kier alpha value is -0.918. The van der Waals surface area contributed by atoms with Gasteiger partial charge < -0.3 is 4.43 Å². The molecule has 0 spiro atoms. The second-order valence-electron chi connectivity index (χ2n) is 5.94. The largest absolute Gasteiger partial charge is 0.568 e. The summed E-state index contributed by atoms with van der Waals surface area (Å²) in [6.07, 6.45) is 0. The molecule has 1 aromatic rings. The molecule has 0 aliphatic rings. The van der Waals surface area contributed by atoms with Crippen LogP contribution in [-0.2, 0) is 9.72 Å². The summed E-state index contributed by atoms with van der Waals surface area (Å²) >= 11 is 0. The van der Waals surface area contributed by atoms with Crippen molar-refractivity contribution in [3.8, 4) is 5.75 Å². The van der Waals surface area contributed by atoms with E-state index in [1.54, 1.807) is 12.1 Å². The smallest absolute Gasteiger partial charge is 0.544 e. The molecule has 0 amide bonds. The SMILES string of the molecule is CC(C)(C)[Si](C)(C)Oc1ccc(B(OF)OF)cc1. The van der Waals surface area contributed by atoms with Crippen LogP contribution in [0.2, 0.25) is 18.1 Å². The number of hydrogen-bond acceptors (Lipinski definition) is 3. The van der Waals surface area contributed by atoms with E-state index in [0.29, 0.717) is 5.75 Å². The molecule has 7 heteroatoms. The zero-order valence-corrected chi connectivity index (χ0v) is 12.9. The molecule has 0 unspecified atom stereocenters. The lowest BCUT2D eigenvalue weighted by molar-refractivity contribution is -0.100. The van der Waals surface area contributed by atoms with E-state index in [-0.39, 0.29) is 10.5 Å². The molecule has 0 N–H and O–H groups in total. The number of hydrogen-bond donors (Lipinski definition) is 0. The van der Waals surface area contributed by atoms with Gasteiger partial charge in [-0.3, -0.25) is 0 Å². The van der Waals surface area contributed by atoms with Crippen LogP contribution in [0.25, 0.3) is 0 Å². The minimum absolute atomic E-state index is 0.0817. The first-order valence-electron chi connectivity index (χ1n) is 6.05. The molecule has 3 nitrogen and oxygen atoms in total. The summed E-state index contributed by atoms with van der Waals surface area (Å²) in [5.74, 6) is 0.673. The molecule has 0 aliphatic heterocycles. The predicted molar refractivity (Wildman–Crippen MR) is 74.0 cm³/mol. The summed E-state index contributed by atoms with van der Waals surface area (Å²) in [5, 5.41) is 0.0817. The molecule has 1 rings (SSSR count). The maximum Gasteiger partial charge on any atom is 0.568 e. The molecule has 0 heterocycles. The second kappa shape index (κ2) is 6.02. The topological polar surface area (TPSA) is 27.7 Å². The van der Waals surface area contributed by atoms with Gasteiger partial charge in [0.15, 0.2) is 0 Å². The van der Waals surface area contributed by atoms with Crippen LogP contribution in [0.4, 0.5) is 9.05 Å². The van der Waals surface area contributed by atoms with E-state index >= 15 is 0 Å². The van der Waals surface area contributed by atoms with Crippen molar-refractivity contribution in [1.82, 2.24) is 0 Å². The normalized spacial score (nSPS) is 12.4. The molecule has 0 fully saturated rings. The average Bonchev–Trinajstić information content (AvgIpc) is 2.31. The standard InChI is InChI=1S/C12H19BF2O3Si/c1-12(2,3)19(4,5)16-11-8-6-10(7-9-11)13(17-14)18-15/h6-9H,1-5H3. The molecule has 106 valence electrons. The highest BCUT2D eigenvalue weighted by atomic mass is 28.4. The van der Waals surface area contributed by atoms with Gasteiger partial charge in [0.1, 0.15) is 5.75 Å². The van der Waals surface area contributed by atoms with E-state index < -0.39 is 15.4 Å². The number of rotatable bonds is 5. The molecule has 0 aromatic heterocycles. The highest BCUT2D eigenvalue weighted by Crippen LogP contribution is 2.37. The molecule has 0 bridgehead atoms. The Morgan fingerprint density at radius 3 is 1.84 bits per heavy atom. The van der Waals surface area contributed by atoms with Crippen molar-refractivity contribution in [3.63, 3.8) is 0 Å². The van der Waals surface area contributed by atoms with Crippen LogP contribution in [-0.4, -0.2) is 15.4 Å². The molecule has 0 aliphatic carbocycles. The fourth-order valence-electron chi connectivity index (χ4n) is 1.26. The molecule has 0 radical (unpaired) electrons. The summed E-state index contributed by atoms with van der Waals surface area (Å²) in [6, 6.07) is 6.32.